The van der Waals surface area contributed by atoms with Crippen LogP contribution >= 0.6 is 0 Å². The fraction of sp³-hybridized carbons (Fsp3) is 0.684. The monoisotopic (exact) mass is 305 g/mol. The molecular weight excluding hydrogens is 274 g/mol. The molecule has 0 saturated heterocycles. The van der Waals surface area contributed by atoms with Crippen molar-refractivity contribution >= 4 is 0 Å². The van der Waals surface area contributed by atoms with E-state index in [1.54, 1.807) is 7.11 Å². The molecule has 0 radical (unpaired) electrons. The van der Waals surface area contributed by atoms with Crippen molar-refractivity contribution in [3.8, 4) is 11.5 Å². The maximum atomic E-state index is 5.81. The number of nitrogens with one attached hydrogen (secondary N) is 1. The van der Waals surface area contributed by atoms with Crippen LogP contribution in [0.3, 0.4) is 0 Å². The first-order chi connectivity index (χ1) is 10.6. The SMILES string of the molecule is COc1cc(CNC2CCCC(C)C2)ccc1OCC(C)C. The summed E-state index contributed by atoms with van der Waals surface area (Å²) in [5, 5.41) is 3.69. The molecule has 0 heterocycles. The average Bonchev–Trinajstić information content (AvgIpc) is 2.51. The largest absolute Gasteiger partial charge is 0.493 e. The lowest BCUT2D eigenvalue weighted by Gasteiger charge is -2.27. The topological polar surface area (TPSA) is 30.5 Å². The van der Waals surface area contributed by atoms with Gasteiger partial charge in [0.2, 0.25) is 0 Å². The van der Waals surface area contributed by atoms with Gasteiger partial charge in [-0.15, -0.1) is 0 Å². The summed E-state index contributed by atoms with van der Waals surface area (Å²) in [6, 6.07) is 6.92. The molecule has 0 spiro atoms. The molecule has 22 heavy (non-hydrogen) atoms. The molecule has 1 saturated carbocycles. The molecule has 2 unspecified atom stereocenters. The Hall–Kier alpha value is -1.22. The third kappa shape index (κ3) is 5.20. The van der Waals surface area contributed by atoms with Gasteiger partial charge in [0.15, 0.2) is 11.5 Å². The standard InChI is InChI=1S/C19H31NO2/c1-14(2)13-22-18-9-8-16(11-19(18)21-4)12-20-17-7-5-6-15(3)10-17/h8-9,11,14-15,17,20H,5-7,10,12-13H2,1-4H3. The van der Waals surface area contributed by atoms with Crippen LogP contribution in [0.15, 0.2) is 18.2 Å². The molecule has 3 heteroatoms. The lowest BCUT2D eigenvalue weighted by atomic mass is 9.87. The van der Waals surface area contributed by atoms with Gasteiger partial charge in [0.05, 0.1) is 13.7 Å². The van der Waals surface area contributed by atoms with Crippen LogP contribution in [-0.4, -0.2) is 19.8 Å². The molecule has 2 rings (SSSR count). The van der Waals surface area contributed by atoms with Crippen molar-refractivity contribution in [3.05, 3.63) is 23.8 Å². The molecule has 2 atom stereocenters. The van der Waals surface area contributed by atoms with E-state index in [0.717, 1.165) is 24.0 Å². The molecule has 0 aromatic heterocycles. The van der Waals surface area contributed by atoms with Crippen molar-refractivity contribution in [2.45, 2.75) is 59.0 Å². The van der Waals surface area contributed by atoms with Crippen molar-refractivity contribution in [2.24, 2.45) is 11.8 Å². The second-order valence-corrected chi connectivity index (χ2v) is 7.04. The Morgan fingerprint density at radius 1 is 1.23 bits per heavy atom. The molecular formula is C19H31NO2. The predicted molar refractivity (Wildman–Crippen MR) is 91.6 cm³/mol. The zero-order valence-corrected chi connectivity index (χ0v) is 14.5. The Bertz CT molecular complexity index is 459. The van der Waals surface area contributed by atoms with Crippen LogP contribution in [-0.2, 0) is 6.54 Å². The summed E-state index contributed by atoms with van der Waals surface area (Å²) in [6.07, 6.45) is 5.34. The van der Waals surface area contributed by atoms with E-state index in [0.29, 0.717) is 18.6 Å². The summed E-state index contributed by atoms with van der Waals surface area (Å²) in [5.74, 6) is 3.04. The quantitative estimate of drug-likeness (QED) is 0.810. The summed E-state index contributed by atoms with van der Waals surface area (Å²) in [7, 11) is 1.71. The van der Waals surface area contributed by atoms with Gasteiger partial charge in [-0.25, -0.2) is 0 Å². The Morgan fingerprint density at radius 3 is 2.73 bits per heavy atom. The van der Waals surface area contributed by atoms with Crippen LogP contribution in [0.25, 0.3) is 0 Å². The summed E-state index contributed by atoms with van der Waals surface area (Å²) in [6.45, 7) is 8.27. The van der Waals surface area contributed by atoms with E-state index in [-0.39, 0.29) is 0 Å². The van der Waals surface area contributed by atoms with Gasteiger partial charge in [0.25, 0.3) is 0 Å². The second-order valence-electron chi connectivity index (χ2n) is 7.04. The molecule has 1 fully saturated rings. The van der Waals surface area contributed by atoms with E-state index in [2.05, 4.69) is 38.2 Å². The molecule has 1 aromatic carbocycles. The summed E-state index contributed by atoms with van der Waals surface area (Å²) < 4.78 is 11.3. The minimum Gasteiger partial charge on any atom is -0.493 e. The fourth-order valence-electron chi connectivity index (χ4n) is 3.08. The van der Waals surface area contributed by atoms with Gasteiger partial charge in [0, 0.05) is 12.6 Å². The number of methoxy groups -OCH3 is 1. The maximum Gasteiger partial charge on any atom is 0.161 e. The van der Waals surface area contributed by atoms with Gasteiger partial charge in [-0.1, -0.05) is 39.7 Å². The fourth-order valence-corrected chi connectivity index (χ4v) is 3.08. The number of benzene rings is 1. The molecule has 1 aliphatic rings. The Balaban J connectivity index is 1.91. The summed E-state index contributed by atoms with van der Waals surface area (Å²) in [4.78, 5) is 0. The average molecular weight is 305 g/mol. The van der Waals surface area contributed by atoms with Gasteiger partial charge >= 0.3 is 0 Å². The van der Waals surface area contributed by atoms with E-state index < -0.39 is 0 Å². The zero-order chi connectivity index (χ0) is 15.9. The van der Waals surface area contributed by atoms with Crippen LogP contribution in [0.2, 0.25) is 0 Å². The molecule has 1 N–H and O–H groups in total. The highest BCUT2D eigenvalue weighted by molar-refractivity contribution is 5.43. The van der Waals surface area contributed by atoms with E-state index >= 15 is 0 Å². The van der Waals surface area contributed by atoms with Crippen LogP contribution in [0, 0.1) is 11.8 Å². The van der Waals surface area contributed by atoms with Gasteiger partial charge < -0.3 is 14.8 Å². The lowest BCUT2D eigenvalue weighted by Crippen LogP contribution is -2.33. The second kappa shape index (κ2) is 8.42. The highest BCUT2D eigenvalue weighted by Crippen LogP contribution is 2.29. The third-order valence-electron chi connectivity index (χ3n) is 4.33. The van der Waals surface area contributed by atoms with Gasteiger partial charge in [0.1, 0.15) is 0 Å². The minimum absolute atomic E-state index is 0.513. The zero-order valence-electron chi connectivity index (χ0n) is 14.5. The third-order valence-corrected chi connectivity index (χ3v) is 4.33. The van der Waals surface area contributed by atoms with Crippen molar-refractivity contribution in [1.29, 1.82) is 0 Å². The van der Waals surface area contributed by atoms with Crippen LogP contribution in [0.4, 0.5) is 0 Å². The highest BCUT2D eigenvalue weighted by Gasteiger charge is 2.18. The first-order valence-corrected chi connectivity index (χ1v) is 8.61. The maximum absolute atomic E-state index is 5.81. The minimum atomic E-state index is 0.513. The van der Waals surface area contributed by atoms with Gasteiger partial charge in [-0.3, -0.25) is 0 Å². The number of rotatable bonds is 7. The van der Waals surface area contributed by atoms with Crippen molar-refractivity contribution < 1.29 is 9.47 Å². The highest BCUT2D eigenvalue weighted by atomic mass is 16.5. The molecule has 1 aliphatic carbocycles. The van der Waals surface area contributed by atoms with Crippen molar-refractivity contribution in [1.82, 2.24) is 5.32 Å². The Kier molecular flexibility index (Phi) is 6.56. The molecule has 0 bridgehead atoms. The van der Waals surface area contributed by atoms with E-state index in [4.69, 9.17) is 9.47 Å². The lowest BCUT2D eigenvalue weighted by molar-refractivity contribution is 0.256. The smallest absolute Gasteiger partial charge is 0.161 e. The van der Waals surface area contributed by atoms with Crippen LogP contribution in [0.1, 0.15) is 52.0 Å². The molecule has 0 amide bonds. The van der Waals surface area contributed by atoms with E-state index in [1.165, 1.54) is 31.2 Å². The molecule has 0 aliphatic heterocycles. The van der Waals surface area contributed by atoms with E-state index in [9.17, 15) is 0 Å². The number of ether oxygens (including phenoxy) is 2. The van der Waals surface area contributed by atoms with Crippen molar-refractivity contribution in [3.63, 3.8) is 0 Å². The predicted octanol–water partition coefficient (Wildman–Crippen LogP) is 4.40. The van der Waals surface area contributed by atoms with Gasteiger partial charge in [-0.2, -0.15) is 0 Å². The Morgan fingerprint density at radius 2 is 2.05 bits per heavy atom. The Labute approximate surface area is 135 Å². The van der Waals surface area contributed by atoms with Crippen LogP contribution in [0.5, 0.6) is 11.5 Å². The molecule has 3 nitrogen and oxygen atoms in total. The molecule has 124 valence electrons. The summed E-state index contributed by atoms with van der Waals surface area (Å²) >= 11 is 0. The normalized spacial score (nSPS) is 21.9. The summed E-state index contributed by atoms with van der Waals surface area (Å²) in [5.41, 5.74) is 1.26. The van der Waals surface area contributed by atoms with Crippen molar-refractivity contribution in [2.75, 3.05) is 13.7 Å². The molecule has 1 aromatic rings. The number of hydrogen-bond donors (Lipinski definition) is 1. The number of hydrogen-bond acceptors (Lipinski definition) is 3. The van der Waals surface area contributed by atoms with Gasteiger partial charge in [-0.05, 0) is 42.4 Å². The first kappa shape index (κ1) is 17.1. The van der Waals surface area contributed by atoms with Crippen LogP contribution < -0.4 is 14.8 Å². The van der Waals surface area contributed by atoms with E-state index in [1.807, 2.05) is 6.07 Å². The first-order valence-electron chi connectivity index (χ1n) is 8.61.